The minimum atomic E-state index is -2.41. The molecule has 1 amide bonds. The predicted molar refractivity (Wildman–Crippen MR) is 185 cm³/mol. The molecule has 0 aromatic heterocycles. The summed E-state index contributed by atoms with van der Waals surface area (Å²) in [5.41, 5.74) is 0. The summed E-state index contributed by atoms with van der Waals surface area (Å²) in [7, 11) is -2.41. The molecule has 0 bridgehead atoms. The van der Waals surface area contributed by atoms with Gasteiger partial charge in [0.1, 0.15) is 0 Å². The van der Waals surface area contributed by atoms with Crippen LogP contribution in [0.15, 0.2) is 72.8 Å². The lowest BCUT2D eigenvalue weighted by Gasteiger charge is -2.43. The summed E-state index contributed by atoms with van der Waals surface area (Å²) in [6.45, 7) is 15.3. The van der Waals surface area contributed by atoms with Crippen molar-refractivity contribution in [2.24, 2.45) is 0 Å². The molecule has 0 saturated heterocycles. The molecular formula is C38H61NO2Si. The zero-order valence-electron chi connectivity index (χ0n) is 27.9. The Bertz CT molecular complexity index is 957. The molecular weight excluding hydrogens is 531 g/mol. The second kappa shape index (κ2) is 19.9. The summed E-state index contributed by atoms with van der Waals surface area (Å²) in [6, 6.07) is 22.2. The van der Waals surface area contributed by atoms with Crippen molar-refractivity contribution >= 4 is 24.6 Å². The number of benzene rings is 2. The van der Waals surface area contributed by atoms with Crippen LogP contribution in [0, 0.1) is 0 Å². The first kappa shape index (κ1) is 36.0. The van der Waals surface area contributed by atoms with Crippen LogP contribution in [0.4, 0.5) is 0 Å². The van der Waals surface area contributed by atoms with Crippen molar-refractivity contribution in [3.05, 3.63) is 72.8 Å². The van der Waals surface area contributed by atoms with Gasteiger partial charge in [0.15, 0.2) is 0 Å². The Labute approximate surface area is 260 Å². The third-order valence-corrected chi connectivity index (χ3v) is 13.4. The number of carbonyl (C=O) groups excluding carboxylic acids is 1. The molecule has 0 radical (unpaired) electrons. The second-order valence-electron chi connectivity index (χ2n) is 13.2. The largest absolute Gasteiger partial charge is 0.407 e. The summed E-state index contributed by atoms with van der Waals surface area (Å²) < 4.78 is 7.02. The summed E-state index contributed by atoms with van der Waals surface area (Å²) in [4.78, 5) is 14.7. The van der Waals surface area contributed by atoms with Crippen molar-refractivity contribution in [1.29, 1.82) is 0 Å². The Morgan fingerprint density at radius 2 is 1.29 bits per heavy atom. The van der Waals surface area contributed by atoms with Crippen molar-refractivity contribution < 1.29 is 9.22 Å². The topological polar surface area (TPSA) is 29.5 Å². The average Bonchev–Trinajstić information content (AvgIpc) is 2.97. The van der Waals surface area contributed by atoms with Gasteiger partial charge in [-0.2, -0.15) is 0 Å². The van der Waals surface area contributed by atoms with Crippen LogP contribution in [0.2, 0.25) is 5.04 Å². The van der Waals surface area contributed by atoms with Gasteiger partial charge in [-0.3, -0.25) is 4.79 Å². The van der Waals surface area contributed by atoms with E-state index in [1.807, 2.05) is 0 Å². The first-order valence-corrected chi connectivity index (χ1v) is 18.8. The van der Waals surface area contributed by atoms with E-state index in [-0.39, 0.29) is 5.04 Å². The Kier molecular flexibility index (Phi) is 17.1. The third-order valence-electron chi connectivity index (χ3n) is 8.37. The van der Waals surface area contributed by atoms with E-state index >= 15 is 0 Å². The smallest absolute Gasteiger partial charge is 0.261 e. The number of unbranched alkanes of at least 4 members (excludes halogenated alkanes) is 9. The van der Waals surface area contributed by atoms with Crippen LogP contribution in [-0.4, -0.2) is 38.3 Å². The normalized spacial score (nSPS) is 12.4. The molecule has 0 saturated carbocycles. The van der Waals surface area contributed by atoms with E-state index in [0.717, 1.165) is 51.7 Å². The maximum atomic E-state index is 12.6. The Balaban J connectivity index is 1.68. The molecule has 234 valence electrons. The molecule has 0 fully saturated rings. The molecule has 0 aliphatic carbocycles. The van der Waals surface area contributed by atoms with E-state index in [2.05, 4.69) is 119 Å². The summed E-state index contributed by atoms with van der Waals surface area (Å²) in [5.74, 6) is 0.341. The molecule has 2 aromatic carbocycles. The predicted octanol–water partition coefficient (Wildman–Crippen LogP) is 9.45. The van der Waals surface area contributed by atoms with Crippen LogP contribution >= 0.6 is 0 Å². The molecule has 2 rings (SSSR count). The van der Waals surface area contributed by atoms with Crippen LogP contribution in [0.3, 0.4) is 0 Å². The van der Waals surface area contributed by atoms with Gasteiger partial charge in [-0.15, -0.1) is 0 Å². The lowest BCUT2D eigenvalue weighted by molar-refractivity contribution is -0.133. The summed E-state index contributed by atoms with van der Waals surface area (Å²) in [5, 5.41) is 2.76. The van der Waals surface area contributed by atoms with Crippen molar-refractivity contribution in [3.8, 4) is 0 Å². The molecule has 0 N–H and O–H groups in total. The third kappa shape index (κ3) is 11.8. The van der Waals surface area contributed by atoms with Gasteiger partial charge in [0.05, 0.1) is 0 Å². The van der Waals surface area contributed by atoms with Crippen molar-refractivity contribution in [3.63, 3.8) is 0 Å². The fourth-order valence-electron chi connectivity index (χ4n) is 6.00. The number of rotatable bonds is 21. The Morgan fingerprint density at radius 1 is 0.762 bits per heavy atom. The van der Waals surface area contributed by atoms with Crippen LogP contribution in [-0.2, 0) is 9.22 Å². The molecule has 2 aromatic rings. The van der Waals surface area contributed by atoms with E-state index in [1.54, 1.807) is 0 Å². The first-order valence-electron chi connectivity index (χ1n) is 16.9. The maximum absolute atomic E-state index is 12.6. The van der Waals surface area contributed by atoms with Gasteiger partial charge >= 0.3 is 0 Å². The molecule has 0 aliphatic heterocycles. The summed E-state index contributed by atoms with van der Waals surface area (Å²) >= 11 is 0. The number of carbonyl (C=O) groups is 1. The van der Waals surface area contributed by atoms with Crippen LogP contribution in [0.1, 0.15) is 125 Å². The lowest BCUT2D eigenvalue weighted by Crippen LogP contribution is -2.66. The first-order chi connectivity index (χ1) is 20.2. The minimum absolute atomic E-state index is 0.0390. The van der Waals surface area contributed by atoms with Gasteiger partial charge in [-0.1, -0.05) is 133 Å². The van der Waals surface area contributed by atoms with Gasteiger partial charge in [0.25, 0.3) is 8.32 Å². The second-order valence-corrected chi connectivity index (χ2v) is 17.5. The van der Waals surface area contributed by atoms with E-state index < -0.39 is 8.32 Å². The molecule has 3 nitrogen and oxygen atoms in total. The number of hydrogen-bond acceptors (Lipinski definition) is 2. The van der Waals surface area contributed by atoms with Crippen molar-refractivity contribution in [1.82, 2.24) is 4.90 Å². The zero-order chi connectivity index (χ0) is 30.7. The monoisotopic (exact) mass is 591 g/mol. The van der Waals surface area contributed by atoms with E-state index in [9.17, 15) is 4.79 Å². The SMILES string of the molecule is CCCCCCC(=O)N(CCCC/C=C\CCCCCCO[Si](c1ccccc1)(c1ccccc1)C(C)(C)C)C(C)C. The highest BCUT2D eigenvalue weighted by Crippen LogP contribution is 2.36. The molecule has 0 heterocycles. The summed E-state index contributed by atoms with van der Waals surface area (Å²) in [6.07, 6.45) is 19.4. The highest BCUT2D eigenvalue weighted by Gasteiger charge is 2.49. The quantitative estimate of drug-likeness (QED) is 0.0822. The average molecular weight is 592 g/mol. The highest BCUT2D eigenvalue weighted by molar-refractivity contribution is 6.99. The van der Waals surface area contributed by atoms with Crippen molar-refractivity contribution in [2.45, 2.75) is 136 Å². The molecule has 0 atom stereocenters. The van der Waals surface area contributed by atoms with Crippen LogP contribution in [0.25, 0.3) is 0 Å². The lowest BCUT2D eigenvalue weighted by atomic mass is 10.1. The molecule has 0 unspecified atom stereocenters. The number of allylic oxidation sites excluding steroid dienone is 2. The molecule has 42 heavy (non-hydrogen) atoms. The van der Waals surface area contributed by atoms with Gasteiger partial charge in [0, 0.05) is 25.6 Å². The van der Waals surface area contributed by atoms with Gasteiger partial charge in [-0.25, -0.2) is 0 Å². The number of hydrogen-bond donors (Lipinski definition) is 0. The Hall–Kier alpha value is -2.17. The number of amides is 1. The molecule has 0 spiro atoms. The fourth-order valence-corrected chi connectivity index (χ4v) is 10.6. The van der Waals surface area contributed by atoms with Gasteiger partial charge in [0.2, 0.25) is 5.91 Å². The van der Waals surface area contributed by atoms with E-state index in [4.69, 9.17) is 4.43 Å². The fraction of sp³-hybridized carbons (Fsp3) is 0.605. The standard InChI is InChI=1S/C38H61NO2Si/c1-7-8-9-24-31-37(40)39(34(2)3)32-25-16-14-12-10-11-13-15-17-26-33-41-42(38(4,5)6,35-27-20-18-21-28-35)36-29-22-19-23-30-36/h10,12,18-23,27-30,34H,7-9,11,13-17,24-26,31-33H2,1-6H3/b12-10-. The van der Waals surface area contributed by atoms with Crippen LogP contribution in [0.5, 0.6) is 0 Å². The van der Waals surface area contributed by atoms with Crippen molar-refractivity contribution in [2.75, 3.05) is 13.2 Å². The number of nitrogens with zero attached hydrogens (tertiary/aromatic N) is 1. The molecule has 4 heteroatoms. The maximum Gasteiger partial charge on any atom is 0.261 e. The minimum Gasteiger partial charge on any atom is -0.407 e. The zero-order valence-corrected chi connectivity index (χ0v) is 28.9. The van der Waals surface area contributed by atoms with E-state index in [1.165, 1.54) is 48.9 Å². The van der Waals surface area contributed by atoms with Gasteiger partial charge in [-0.05, 0) is 74.2 Å². The highest BCUT2D eigenvalue weighted by atomic mass is 28.4. The van der Waals surface area contributed by atoms with Gasteiger partial charge < -0.3 is 9.33 Å². The van der Waals surface area contributed by atoms with E-state index in [0.29, 0.717) is 18.4 Å². The van der Waals surface area contributed by atoms with Crippen LogP contribution < -0.4 is 10.4 Å². The Morgan fingerprint density at radius 3 is 1.81 bits per heavy atom. The molecule has 0 aliphatic rings.